The van der Waals surface area contributed by atoms with Crippen molar-refractivity contribution in [3.8, 4) is 0 Å². The highest BCUT2D eigenvalue weighted by Crippen LogP contribution is 2.04. The standard InChI is InChI=1S/C11H16N2O/c1-7(2)12-11(14)10-6-5-8(3)9(4)13-10/h5-7H,1-4H3,(H,12,14). The maximum atomic E-state index is 11.5. The van der Waals surface area contributed by atoms with Crippen molar-refractivity contribution in [2.75, 3.05) is 0 Å². The Hall–Kier alpha value is -1.38. The number of carbonyl (C=O) groups excluding carboxylic acids is 1. The molecule has 0 saturated heterocycles. The molecule has 1 aromatic heterocycles. The van der Waals surface area contributed by atoms with Crippen molar-refractivity contribution in [2.45, 2.75) is 33.7 Å². The van der Waals surface area contributed by atoms with E-state index in [2.05, 4.69) is 10.3 Å². The first-order valence-electron chi connectivity index (χ1n) is 4.76. The fraction of sp³-hybridized carbons (Fsp3) is 0.455. The number of carbonyl (C=O) groups is 1. The zero-order chi connectivity index (χ0) is 10.7. The van der Waals surface area contributed by atoms with Crippen molar-refractivity contribution in [2.24, 2.45) is 0 Å². The summed E-state index contributed by atoms with van der Waals surface area (Å²) in [5.74, 6) is -0.108. The summed E-state index contributed by atoms with van der Waals surface area (Å²) in [6.45, 7) is 7.74. The van der Waals surface area contributed by atoms with Crippen molar-refractivity contribution < 1.29 is 4.79 Å². The molecule has 0 fully saturated rings. The molecule has 76 valence electrons. The Kier molecular flexibility index (Phi) is 3.23. The van der Waals surface area contributed by atoms with E-state index in [4.69, 9.17) is 0 Å². The molecule has 0 saturated carbocycles. The minimum absolute atomic E-state index is 0.108. The lowest BCUT2D eigenvalue weighted by molar-refractivity contribution is 0.0938. The van der Waals surface area contributed by atoms with Crippen molar-refractivity contribution in [3.05, 3.63) is 29.1 Å². The number of nitrogens with one attached hydrogen (secondary N) is 1. The number of pyridine rings is 1. The third-order valence-electron chi connectivity index (χ3n) is 2.00. The Morgan fingerprint density at radius 1 is 1.36 bits per heavy atom. The lowest BCUT2D eigenvalue weighted by Crippen LogP contribution is -2.30. The zero-order valence-corrected chi connectivity index (χ0v) is 9.09. The third kappa shape index (κ3) is 2.55. The van der Waals surface area contributed by atoms with Gasteiger partial charge in [0.25, 0.3) is 5.91 Å². The quantitative estimate of drug-likeness (QED) is 0.776. The molecule has 0 spiro atoms. The molecule has 1 amide bonds. The molecule has 0 aliphatic heterocycles. The number of nitrogens with zero attached hydrogens (tertiary/aromatic N) is 1. The number of hydrogen-bond acceptors (Lipinski definition) is 2. The van der Waals surface area contributed by atoms with Gasteiger partial charge in [-0.05, 0) is 39.3 Å². The number of aryl methyl sites for hydroxylation is 2. The lowest BCUT2D eigenvalue weighted by Gasteiger charge is -2.08. The Bertz CT molecular complexity index is 345. The Balaban J connectivity index is 2.86. The van der Waals surface area contributed by atoms with Gasteiger partial charge in [0.05, 0.1) is 0 Å². The molecule has 0 aliphatic rings. The van der Waals surface area contributed by atoms with Crippen molar-refractivity contribution in [1.82, 2.24) is 10.3 Å². The summed E-state index contributed by atoms with van der Waals surface area (Å²) in [4.78, 5) is 15.8. The van der Waals surface area contributed by atoms with Crippen LogP contribution in [0, 0.1) is 13.8 Å². The van der Waals surface area contributed by atoms with Gasteiger partial charge in [-0.15, -0.1) is 0 Å². The van der Waals surface area contributed by atoms with Gasteiger partial charge in [0.1, 0.15) is 5.69 Å². The molecule has 0 aromatic carbocycles. The molecule has 0 atom stereocenters. The molecule has 0 unspecified atom stereocenters. The molecule has 0 radical (unpaired) electrons. The largest absolute Gasteiger partial charge is 0.349 e. The van der Waals surface area contributed by atoms with Crippen LogP contribution in [0.3, 0.4) is 0 Å². The minimum atomic E-state index is -0.108. The van der Waals surface area contributed by atoms with Crippen LogP contribution < -0.4 is 5.32 Å². The first kappa shape index (κ1) is 10.7. The van der Waals surface area contributed by atoms with Gasteiger partial charge in [-0.3, -0.25) is 4.79 Å². The van der Waals surface area contributed by atoms with Gasteiger partial charge < -0.3 is 5.32 Å². The summed E-state index contributed by atoms with van der Waals surface area (Å²) in [5.41, 5.74) is 2.49. The summed E-state index contributed by atoms with van der Waals surface area (Å²) in [5, 5.41) is 2.80. The average Bonchev–Trinajstić information content (AvgIpc) is 2.08. The van der Waals surface area contributed by atoms with E-state index in [0.717, 1.165) is 11.3 Å². The van der Waals surface area contributed by atoms with Gasteiger partial charge in [0.2, 0.25) is 0 Å². The highest BCUT2D eigenvalue weighted by molar-refractivity contribution is 5.92. The van der Waals surface area contributed by atoms with E-state index in [0.29, 0.717) is 5.69 Å². The van der Waals surface area contributed by atoms with E-state index in [1.54, 1.807) is 6.07 Å². The first-order valence-corrected chi connectivity index (χ1v) is 4.76. The minimum Gasteiger partial charge on any atom is -0.349 e. The Morgan fingerprint density at radius 2 is 2.00 bits per heavy atom. The van der Waals surface area contributed by atoms with Crippen LogP contribution in [0.25, 0.3) is 0 Å². The summed E-state index contributed by atoms with van der Waals surface area (Å²) >= 11 is 0. The molecule has 1 aromatic rings. The zero-order valence-electron chi connectivity index (χ0n) is 9.09. The van der Waals surface area contributed by atoms with Crippen LogP contribution in [0.5, 0.6) is 0 Å². The van der Waals surface area contributed by atoms with Gasteiger partial charge in [0, 0.05) is 11.7 Å². The Morgan fingerprint density at radius 3 is 2.50 bits per heavy atom. The summed E-state index contributed by atoms with van der Waals surface area (Å²) in [6, 6.07) is 3.81. The molecule has 0 aliphatic carbocycles. The molecule has 1 N–H and O–H groups in total. The van der Waals surface area contributed by atoms with Crippen LogP contribution in [0.1, 0.15) is 35.6 Å². The van der Waals surface area contributed by atoms with Crippen LogP contribution in [0.4, 0.5) is 0 Å². The number of rotatable bonds is 2. The van der Waals surface area contributed by atoms with E-state index >= 15 is 0 Å². The molecule has 3 heteroatoms. The van der Waals surface area contributed by atoms with E-state index < -0.39 is 0 Å². The molecule has 14 heavy (non-hydrogen) atoms. The third-order valence-corrected chi connectivity index (χ3v) is 2.00. The Labute approximate surface area is 84.6 Å². The van der Waals surface area contributed by atoms with E-state index in [9.17, 15) is 4.79 Å². The molecule has 1 rings (SSSR count). The normalized spacial score (nSPS) is 10.4. The lowest BCUT2D eigenvalue weighted by atomic mass is 10.2. The van der Waals surface area contributed by atoms with Crippen molar-refractivity contribution >= 4 is 5.91 Å². The van der Waals surface area contributed by atoms with Crippen LogP contribution >= 0.6 is 0 Å². The molecular weight excluding hydrogens is 176 g/mol. The fourth-order valence-electron chi connectivity index (χ4n) is 1.09. The van der Waals surface area contributed by atoms with Crippen LogP contribution in [-0.4, -0.2) is 16.9 Å². The molecule has 3 nitrogen and oxygen atoms in total. The van der Waals surface area contributed by atoms with E-state index in [-0.39, 0.29) is 11.9 Å². The fourth-order valence-corrected chi connectivity index (χ4v) is 1.09. The monoisotopic (exact) mass is 192 g/mol. The highest BCUT2D eigenvalue weighted by atomic mass is 16.1. The number of hydrogen-bond donors (Lipinski definition) is 1. The maximum absolute atomic E-state index is 11.5. The SMILES string of the molecule is Cc1ccc(C(=O)NC(C)C)nc1C. The molecular formula is C11H16N2O. The molecule has 0 bridgehead atoms. The summed E-state index contributed by atoms with van der Waals surface area (Å²) < 4.78 is 0. The second-order valence-corrected chi connectivity index (χ2v) is 3.73. The van der Waals surface area contributed by atoms with E-state index in [1.807, 2.05) is 33.8 Å². The molecule has 1 heterocycles. The van der Waals surface area contributed by atoms with Crippen molar-refractivity contribution in [3.63, 3.8) is 0 Å². The summed E-state index contributed by atoms with van der Waals surface area (Å²) in [7, 11) is 0. The predicted molar refractivity (Wildman–Crippen MR) is 56.3 cm³/mol. The first-order chi connectivity index (χ1) is 6.50. The number of aromatic nitrogens is 1. The second-order valence-electron chi connectivity index (χ2n) is 3.73. The van der Waals surface area contributed by atoms with Crippen LogP contribution in [0.15, 0.2) is 12.1 Å². The van der Waals surface area contributed by atoms with Gasteiger partial charge in [-0.25, -0.2) is 4.98 Å². The number of amides is 1. The predicted octanol–water partition coefficient (Wildman–Crippen LogP) is 1.84. The van der Waals surface area contributed by atoms with Gasteiger partial charge in [-0.1, -0.05) is 6.07 Å². The topological polar surface area (TPSA) is 42.0 Å². The second kappa shape index (κ2) is 4.22. The van der Waals surface area contributed by atoms with Gasteiger partial charge in [-0.2, -0.15) is 0 Å². The van der Waals surface area contributed by atoms with E-state index in [1.165, 1.54) is 0 Å². The smallest absolute Gasteiger partial charge is 0.270 e. The maximum Gasteiger partial charge on any atom is 0.270 e. The van der Waals surface area contributed by atoms with Gasteiger partial charge >= 0.3 is 0 Å². The average molecular weight is 192 g/mol. The van der Waals surface area contributed by atoms with Crippen LogP contribution in [0.2, 0.25) is 0 Å². The van der Waals surface area contributed by atoms with Crippen molar-refractivity contribution in [1.29, 1.82) is 0 Å². The van der Waals surface area contributed by atoms with Crippen LogP contribution in [-0.2, 0) is 0 Å². The highest BCUT2D eigenvalue weighted by Gasteiger charge is 2.08. The van der Waals surface area contributed by atoms with Gasteiger partial charge in [0.15, 0.2) is 0 Å². The summed E-state index contributed by atoms with van der Waals surface area (Å²) in [6.07, 6.45) is 0.